The number of nitrogens with one attached hydrogen (secondary N) is 2. The van der Waals surface area contributed by atoms with Gasteiger partial charge in [0.2, 0.25) is 17.7 Å². The molecule has 0 saturated carbocycles. The summed E-state index contributed by atoms with van der Waals surface area (Å²) in [6.07, 6.45) is 3.25. The van der Waals surface area contributed by atoms with E-state index in [1.165, 1.54) is 11.0 Å². The Morgan fingerprint density at radius 3 is 2.63 bits per heavy atom. The van der Waals surface area contributed by atoms with Gasteiger partial charge in [0.25, 0.3) is 5.91 Å². The Labute approximate surface area is 242 Å². The van der Waals surface area contributed by atoms with E-state index in [9.17, 15) is 23.6 Å². The van der Waals surface area contributed by atoms with E-state index in [0.29, 0.717) is 38.8 Å². The van der Waals surface area contributed by atoms with Crippen LogP contribution in [-0.4, -0.2) is 121 Å². The van der Waals surface area contributed by atoms with Gasteiger partial charge in [0, 0.05) is 38.8 Å². The fourth-order valence-corrected chi connectivity index (χ4v) is 5.82. The second-order valence-corrected chi connectivity index (χ2v) is 12.0. The molecule has 41 heavy (non-hydrogen) atoms. The monoisotopic (exact) mass is 572 g/mol. The van der Waals surface area contributed by atoms with Crippen LogP contribution in [0.25, 0.3) is 0 Å². The minimum atomic E-state index is -0.718. The van der Waals surface area contributed by atoms with Crippen LogP contribution in [0.15, 0.2) is 18.2 Å². The third-order valence-electron chi connectivity index (χ3n) is 8.45. The molecule has 3 heterocycles. The highest BCUT2D eigenvalue weighted by atomic mass is 19.1. The van der Waals surface area contributed by atoms with Gasteiger partial charge in [-0.1, -0.05) is 19.9 Å². The predicted molar refractivity (Wildman–Crippen MR) is 154 cm³/mol. The minimum absolute atomic E-state index is 0.0348. The van der Waals surface area contributed by atoms with Crippen LogP contribution in [0, 0.1) is 11.7 Å². The first-order valence-electron chi connectivity index (χ1n) is 15.0. The van der Waals surface area contributed by atoms with E-state index < -0.39 is 23.8 Å². The highest BCUT2D eigenvalue weighted by molar-refractivity contribution is 5.98. The van der Waals surface area contributed by atoms with Gasteiger partial charge in [-0.05, 0) is 75.9 Å². The second-order valence-electron chi connectivity index (χ2n) is 12.0. The molecule has 11 heteroatoms. The molecule has 4 rings (SSSR count). The number of carbonyl (C=O) groups is 4. The molecule has 0 unspecified atom stereocenters. The van der Waals surface area contributed by atoms with E-state index in [4.69, 9.17) is 0 Å². The Kier molecular flexibility index (Phi) is 10.7. The molecule has 4 amide bonds. The molecule has 3 aliphatic rings. The highest BCUT2D eigenvalue weighted by Crippen LogP contribution is 2.23. The number of fused-ring (bicyclic) bond motifs is 3. The third-order valence-corrected chi connectivity index (χ3v) is 8.45. The van der Waals surface area contributed by atoms with E-state index in [0.717, 1.165) is 38.2 Å². The van der Waals surface area contributed by atoms with Gasteiger partial charge >= 0.3 is 0 Å². The number of likely N-dealkylation sites (N-methyl/N-ethyl adjacent to an activating group) is 1. The molecule has 2 fully saturated rings. The topological polar surface area (TPSA) is 105 Å². The summed E-state index contributed by atoms with van der Waals surface area (Å²) in [6, 6.07) is 3.35. The lowest BCUT2D eigenvalue weighted by Gasteiger charge is -2.33. The first-order chi connectivity index (χ1) is 19.6. The zero-order valence-electron chi connectivity index (χ0n) is 24.7. The van der Waals surface area contributed by atoms with Crippen molar-refractivity contribution in [2.75, 3.05) is 66.0 Å². The van der Waals surface area contributed by atoms with Gasteiger partial charge in [-0.3, -0.25) is 24.1 Å². The van der Waals surface area contributed by atoms with Crippen LogP contribution in [0.2, 0.25) is 0 Å². The maximum absolute atomic E-state index is 14.8. The molecule has 0 aromatic heterocycles. The van der Waals surface area contributed by atoms with Gasteiger partial charge in [0.15, 0.2) is 0 Å². The Hall–Kier alpha value is -3.05. The van der Waals surface area contributed by atoms with Gasteiger partial charge in [0.05, 0.1) is 18.7 Å². The quantitative estimate of drug-likeness (QED) is 0.562. The van der Waals surface area contributed by atoms with Crippen molar-refractivity contribution in [2.24, 2.45) is 5.92 Å². The maximum Gasteiger partial charge on any atom is 0.257 e. The Bertz CT molecular complexity index is 1110. The zero-order chi connectivity index (χ0) is 29.5. The molecule has 2 bridgehead atoms. The fraction of sp³-hybridized carbons (Fsp3) is 0.667. The van der Waals surface area contributed by atoms with Crippen LogP contribution in [-0.2, 0) is 20.8 Å². The van der Waals surface area contributed by atoms with Gasteiger partial charge in [-0.15, -0.1) is 0 Å². The Morgan fingerprint density at radius 1 is 1.05 bits per heavy atom. The molecule has 3 aliphatic heterocycles. The largest absolute Gasteiger partial charge is 0.355 e. The maximum atomic E-state index is 14.8. The van der Waals surface area contributed by atoms with E-state index in [2.05, 4.69) is 27.5 Å². The van der Waals surface area contributed by atoms with Crippen molar-refractivity contribution in [1.82, 2.24) is 30.2 Å². The summed E-state index contributed by atoms with van der Waals surface area (Å²) >= 11 is 0. The van der Waals surface area contributed by atoms with Crippen molar-refractivity contribution in [2.45, 2.75) is 58.0 Å². The van der Waals surface area contributed by atoms with Crippen molar-refractivity contribution >= 4 is 23.6 Å². The van der Waals surface area contributed by atoms with Crippen LogP contribution in [0.1, 0.15) is 55.5 Å². The highest BCUT2D eigenvalue weighted by Gasteiger charge is 2.37. The van der Waals surface area contributed by atoms with E-state index >= 15 is 0 Å². The molecular weight excluding hydrogens is 527 g/mol. The van der Waals surface area contributed by atoms with Crippen LogP contribution in [0.5, 0.6) is 0 Å². The summed E-state index contributed by atoms with van der Waals surface area (Å²) in [7, 11) is 2.07. The standard InChI is InChI=1S/C30H45FN6O4/c1-21(2)25-18-36(28(39)20-35-13-6-12-34(3)15-16-35)19-27(38)32-11-4-7-22-9-10-24(31)23(17-22)30(41)37-14-5-8-26(37)29(40)33-25/h9-10,17,21,25-26H,4-8,11-16,18-20H2,1-3H3,(H,32,38)(H,33,40)/t25-,26-/m0/s1. The smallest absolute Gasteiger partial charge is 0.257 e. The van der Waals surface area contributed by atoms with Crippen LogP contribution in [0.3, 0.4) is 0 Å². The van der Waals surface area contributed by atoms with Gasteiger partial charge < -0.3 is 25.3 Å². The molecule has 1 aromatic rings. The van der Waals surface area contributed by atoms with Crippen molar-refractivity contribution in [1.29, 1.82) is 0 Å². The molecule has 0 aliphatic carbocycles. The zero-order valence-corrected chi connectivity index (χ0v) is 24.7. The number of halogens is 1. The van der Waals surface area contributed by atoms with Gasteiger partial charge in [0.1, 0.15) is 11.9 Å². The third kappa shape index (κ3) is 8.25. The van der Waals surface area contributed by atoms with Crippen LogP contribution in [0.4, 0.5) is 4.39 Å². The molecule has 0 spiro atoms. The molecule has 1 aromatic carbocycles. The molecule has 2 N–H and O–H groups in total. The van der Waals surface area contributed by atoms with E-state index in [-0.39, 0.29) is 48.8 Å². The number of amides is 4. The van der Waals surface area contributed by atoms with Crippen LogP contribution < -0.4 is 10.6 Å². The number of hydrogen-bond donors (Lipinski definition) is 2. The summed E-state index contributed by atoms with van der Waals surface area (Å²) in [5, 5.41) is 5.98. The normalized spacial score (nSPS) is 24.5. The molecule has 10 nitrogen and oxygen atoms in total. The number of carbonyl (C=O) groups excluding carboxylic acids is 4. The summed E-state index contributed by atoms with van der Waals surface area (Å²) in [6.45, 7) is 8.42. The fourth-order valence-electron chi connectivity index (χ4n) is 5.82. The molecular formula is C30H45FN6O4. The van der Waals surface area contributed by atoms with E-state index in [1.54, 1.807) is 17.0 Å². The lowest BCUT2D eigenvalue weighted by molar-refractivity contribution is -0.138. The Morgan fingerprint density at radius 2 is 1.85 bits per heavy atom. The lowest BCUT2D eigenvalue weighted by Crippen LogP contribution is -2.55. The first-order valence-corrected chi connectivity index (χ1v) is 15.0. The molecule has 0 radical (unpaired) electrons. The molecule has 226 valence electrons. The van der Waals surface area contributed by atoms with Crippen molar-refractivity contribution in [3.05, 3.63) is 35.1 Å². The predicted octanol–water partition coefficient (Wildman–Crippen LogP) is 1.10. The minimum Gasteiger partial charge on any atom is -0.355 e. The summed E-state index contributed by atoms with van der Waals surface area (Å²) in [4.78, 5) is 60.9. The number of benzene rings is 1. The van der Waals surface area contributed by atoms with Crippen molar-refractivity contribution < 1.29 is 23.6 Å². The number of hydrogen-bond acceptors (Lipinski definition) is 6. The number of rotatable bonds is 3. The second kappa shape index (κ2) is 14.2. The lowest BCUT2D eigenvalue weighted by atomic mass is 10.0. The average molecular weight is 573 g/mol. The van der Waals surface area contributed by atoms with Gasteiger partial charge in [-0.25, -0.2) is 4.39 Å². The summed E-state index contributed by atoms with van der Waals surface area (Å²) < 4.78 is 14.8. The van der Waals surface area contributed by atoms with Crippen LogP contribution >= 0.6 is 0 Å². The molecule has 2 atom stereocenters. The number of aryl methyl sites for hydroxylation is 1. The summed E-state index contributed by atoms with van der Waals surface area (Å²) in [5.41, 5.74) is 0.751. The summed E-state index contributed by atoms with van der Waals surface area (Å²) in [5.74, 6) is -1.86. The first kappa shape index (κ1) is 30.9. The molecule has 2 saturated heterocycles. The van der Waals surface area contributed by atoms with Crippen molar-refractivity contribution in [3.63, 3.8) is 0 Å². The SMILES string of the molecule is CC(C)[C@@H]1CN(C(=O)CN2CCCN(C)CC2)CC(=O)NCCCc2ccc(F)c(c2)C(=O)N2CCC[C@H]2C(=O)N1. The van der Waals surface area contributed by atoms with Crippen molar-refractivity contribution in [3.8, 4) is 0 Å². The Balaban J connectivity index is 1.57. The van der Waals surface area contributed by atoms with E-state index in [1.807, 2.05) is 13.8 Å². The average Bonchev–Trinajstić information content (AvgIpc) is 3.34. The number of nitrogens with zero attached hydrogens (tertiary/aromatic N) is 4. The van der Waals surface area contributed by atoms with Gasteiger partial charge in [-0.2, -0.15) is 0 Å².